The van der Waals surface area contributed by atoms with Crippen LogP contribution in [0.5, 0.6) is 5.75 Å². The number of fused-ring (bicyclic) bond motifs is 1. The molecule has 0 saturated carbocycles. The van der Waals surface area contributed by atoms with Crippen LogP contribution in [0.1, 0.15) is 17.4 Å². The van der Waals surface area contributed by atoms with Gasteiger partial charge in [0.1, 0.15) is 17.1 Å². The van der Waals surface area contributed by atoms with Gasteiger partial charge in [0.05, 0.1) is 17.1 Å². The molecule has 1 atom stereocenters. The standard InChI is InChI=1S/C26H23NO5/c1-17-25(19-10-6-3-7-11-19)26(30)21-13-12-20(14-23(21)32-17)31-16-24(29)27-15-22(28)18-8-4-2-5-9-18/h2-14,22,28H,15-16H2,1H3,(H,27,29). The first-order chi connectivity index (χ1) is 15.5. The summed E-state index contributed by atoms with van der Waals surface area (Å²) in [5, 5.41) is 13.2. The van der Waals surface area contributed by atoms with E-state index in [0.717, 1.165) is 11.1 Å². The lowest BCUT2D eigenvalue weighted by atomic mass is 10.0. The number of carbonyl (C=O) groups is 1. The number of hydrogen-bond donors (Lipinski definition) is 2. The summed E-state index contributed by atoms with van der Waals surface area (Å²) in [7, 11) is 0. The van der Waals surface area contributed by atoms with Crippen LogP contribution in [0.25, 0.3) is 22.1 Å². The summed E-state index contributed by atoms with van der Waals surface area (Å²) in [5.41, 5.74) is 2.33. The van der Waals surface area contributed by atoms with Gasteiger partial charge in [-0.3, -0.25) is 9.59 Å². The van der Waals surface area contributed by atoms with Crippen molar-refractivity contribution in [1.82, 2.24) is 5.32 Å². The van der Waals surface area contributed by atoms with Gasteiger partial charge in [0, 0.05) is 12.6 Å². The van der Waals surface area contributed by atoms with Crippen molar-refractivity contribution < 1.29 is 19.1 Å². The molecular weight excluding hydrogens is 406 g/mol. The van der Waals surface area contributed by atoms with Crippen molar-refractivity contribution in [2.75, 3.05) is 13.2 Å². The second kappa shape index (κ2) is 9.49. The van der Waals surface area contributed by atoms with Gasteiger partial charge in [-0.15, -0.1) is 0 Å². The minimum atomic E-state index is -0.795. The Morgan fingerprint density at radius 3 is 2.44 bits per heavy atom. The molecule has 4 rings (SSSR count). The first-order valence-electron chi connectivity index (χ1n) is 10.3. The summed E-state index contributed by atoms with van der Waals surface area (Å²) >= 11 is 0. The van der Waals surface area contributed by atoms with Crippen molar-refractivity contribution >= 4 is 16.9 Å². The van der Waals surface area contributed by atoms with Crippen LogP contribution in [0.4, 0.5) is 0 Å². The van der Waals surface area contributed by atoms with Crippen molar-refractivity contribution in [3.8, 4) is 16.9 Å². The van der Waals surface area contributed by atoms with Crippen LogP contribution >= 0.6 is 0 Å². The average Bonchev–Trinajstić information content (AvgIpc) is 2.82. The van der Waals surface area contributed by atoms with Gasteiger partial charge in [-0.05, 0) is 30.2 Å². The summed E-state index contributed by atoms with van der Waals surface area (Å²) in [4.78, 5) is 25.1. The Kier molecular flexibility index (Phi) is 6.33. The van der Waals surface area contributed by atoms with Crippen LogP contribution in [-0.2, 0) is 4.79 Å². The number of carbonyl (C=O) groups excluding carboxylic acids is 1. The van der Waals surface area contributed by atoms with E-state index in [0.29, 0.717) is 28.0 Å². The summed E-state index contributed by atoms with van der Waals surface area (Å²) < 4.78 is 11.4. The third kappa shape index (κ3) is 4.71. The van der Waals surface area contributed by atoms with Crippen LogP contribution in [0.15, 0.2) is 88.1 Å². The Morgan fingerprint density at radius 2 is 1.72 bits per heavy atom. The minimum absolute atomic E-state index is 0.0836. The molecule has 6 nitrogen and oxygen atoms in total. The predicted molar refractivity (Wildman–Crippen MR) is 123 cm³/mol. The predicted octanol–water partition coefficient (Wildman–Crippen LogP) is 4.00. The third-order valence-corrected chi connectivity index (χ3v) is 5.15. The lowest BCUT2D eigenvalue weighted by Gasteiger charge is -2.13. The summed E-state index contributed by atoms with van der Waals surface area (Å²) in [5.74, 6) is 0.557. The van der Waals surface area contributed by atoms with E-state index in [9.17, 15) is 14.7 Å². The first kappa shape index (κ1) is 21.3. The molecule has 1 amide bonds. The normalized spacial score (nSPS) is 11.8. The fourth-order valence-electron chi connectivity index (χ4n) is 3.52. The molecular formula is C26H23NO5. The van der Waals surface area contributed by atoms with Gasteiger partial charge < -0.3 is 19.6 Å². The molecule has 1 aromatic heterocycles. The van der Waals surface area contributed by atoms with Crippen molar-refractivity contribution in [2.45, 2.75) is 13.0 Å². The van der Waals surface area contributed by atoms with E-state index >= 15 is 0 Å². The molecule has 0 aliphatic carbocycles. The topological polar surface area (TPSA) is 88.8 Å². The lowest BCUT2D eigenvalue weighted by Crippen LogP contribution is -2.32. The second-order valence-corrected chi connectivity index (χ2v) is 7.41. The lowest BCUT2D eigenvalue weighted by molar-refractivity contribution is -0.123. The third-order valence-electron chi connectivity index (χ3n) is 5.15. The quantitative estimate of drug-likeness (QED) is 0.464. The van der Waals surface area contributed by atoms with Gasteiger partial charge in [-0.25, -0.2) is 0 Å². The van der Waals surface area contributed by atoms with Crippen molar-refractivity contribution in [1.29, 1.82) is 0 Å². The molecule has 3 aromatic carbocycles. The highest BCUT2D eigenvalue weighted by Gasteiger charge is 2.14. The molecule has 4 aromatic rings. The molecule has 6 heteroatoms. The zero-order valence-electron chi connectivity index (χ0n) is 17.6. The molecule has 32 heavy (non-hydrogen) atoms. The van der Waals surface area contributed by atoms with E-state index in [1.54, 1.807) is 37.3 Å². The molecule has 1 heterocycles. The molecule has 0 aliphatic rings. The number of aliphatic hydroxyl groups is 1. The number of hydrogen-bond acceptors (Lipinski definition) is 5. The van der Waals surface area contributed by atoms with Crippen molar-refractivity contribution in [3.05, 3.63) is 100 Å². The Balaban J connectivity index is 1.43. The SMILES string of the molecule is Cc1oc2cc(OCC(=O)NCC(O)c3ccccc3)ccc2c(=O)c1-c1ccccc1. The fourth-order valence-corrected chi connectivity index (χ4v) is 3.52. The van der Waals surface area contributed by atoms with Gasteiger partial charge in [0.25, 0.3) is 5.91 Å². The van der Waals surface area contributed by atoms with E-state index < -0.39 is 6.10 Å². The molecule has 0 saturated heterocycles. The van der Waals surface area contributed by atoms with Gasteiger partial charge in [-0.2, -0.15) is 0 Å². The Hall–Kier alpha value is -3.90. The van der Waals surface area contributed by atoms with E-state index in [4.69, 9.17) is 9.15 Å². The van der Waals surface area contributed by atoms with Crippen LogP contribution in [-0.4, -0.2) is 24.2 Å². The number of ether oxygens (including phenoxy) is 1. The summed E-state index contributed by atoms with van der Waals surface area (Å²) in [6.07, 6.45) is -0.795. The average molecular weight is 429 g/mol. The van der Waals surface area contributed by atoms with E-state index in [-0.39, 0.29) is 24.5 Å². The van der Waals surface area contributed by atoms with Crippen LogP contribution in [0.2, 0.25) is 0 Å². The molecule has 2 N–H and O–H groups in total. The Labute approximate surface area is 185 Å². The number of nitrogens with one attached hydrogen (secondary N) is 1. The van der Waals surface area contributed by atoms with Crippen molar-refractivity contribution in [3.63, 3.8) is 0 Å². The zero-order chi connectivity index (χ0) is 22.5. The monoisotopic (exact) mass is 429 g/mol. The highest BCUT2D eigenvalue weighted by Crippen LogP contribution is 2.26. The number of amides is 1. The zero-order valence-corrected chi connectivity index (χ0v) is 17.6. The van der Waals surface area contributed by atoms with Gasteiger partial charge in [0.2, 0.25) is 5.43 Å². The molecule has 0 fully saturated rings. The molecule has 162 valence electrons. The minimum Gasteiger partial charge on any atom is -0.484 e. The summed E-state index contributed by atoms with van der Waals surface area (Å²) in [6.45, 7) is 1.61. The maximum atomic E-state index is 13.0. The van der Waals surface area contributed by atoms with E-state index in [1.165, 1.54) is 0 Å². The smallest absolute Gasteiger partial charge is 0.258 e. The Bertz CT molecular complexity index is 1280. The molecule has 0 aliphatic heterocycles. The maximum Gasteiger partial charge on any atom is 0.258 e. The fraction of sp³-hybridized carbons (Fsp3) is 0.154. The number of rotatable bonds is 7. The van der Waals surface area contributed by atoms with Gasteiger partial charge >= 0.3 is 0 Å². The Morgan fingerprint density at radius 1 is 1.03 bits per heavy atom. The number of aryl methyl sites for hydroxylation is 1. The van der Waals surface area contributed by atoms with Crippen LogP contribution in [0, 0.1) is 6.92 Å². The summed E-state index contributed by atoms with van der Waals surface area (Å²) in [6, 6.07) is 23.4. The maximum absolute atomic E-state index is 13.0. The molecule has 0 spiro atoms. The highest BCUT2D eigenvalue weighted by atomic mass is 16.5. The van der Waals surface area contributed by atoms with E-state index in [2.05, 4.69) is 5.32 Å². The van der Waals surface area contributed by atoms with Gasteiger partial charge in [0.15, 0.2) is 6.61 Å². The molecule has 0 radical (unpaired) electrons. The number of benzene rings is 3. The van der Waals surface area contributed by atoms with E-state index in [1.807, 2.05) is 48.5 Å². The van der Waals surface area contributed by atoms with Gasteiger partial charge in [-0.1, -0.05) is 60.7 Å². The van der Waals surface area contributed by atoms with Crippen LogP contribution in [0.3, 0.4) is 0 Å². The first-order valence-corrected chi connectivity index (χ1v) is 10.3. The highest BCUT2D eigenvalue weighted by molar-refractivity contribution is 5.84. The largest absolute Gasteiger partial charge is 0.484 e. The number of aliphatic hydroxyl groups excluding tert-OH is 1. The van der Waals surface area contributed by atoms with Crippen LogP contribution < -0.4 is 15.5 Å². The molecule has 0 bridgehead atoms. The molecule has 1 unspecified atom stereocenters. The second-order valence-electron chi connectivity index (χ2n) is 7.41. The van der Waals surface area contributed by atoms with Crippen molar-refractivity contribution in [2.24, 2.45) is 0 Å².